The van der Waals surface area contributed by atoms with Gasteiger partial charge in [0.25, 0.3) is 0 Å². The number of hydrogen-bond acceptors (Lipinski definition) is 7. The third-order valence-electron chi connectivity index (χ3n) is 3.48. The van der Waals surface area contributed by atoms with Crippen molar-refractivity contribution in [2.75, 3.05) is 7.11 Å². The second kappa shape index (κ2) is 5.13. The minimum Gasteiger partial charge on any atom is -0.508 e. The summed E-state index contributed by atoms with van der Waals surface area (Å²) in [6, 6.07) is 5.80. The first-order valence-electron chi connectivity index (χ1n) is 6.51. The normalized spacial score (nSPS) is 10.8. The van der Waals surface area contributed by atoms with Crippen LogP contribution in [0.5, 0.6) is 28.7 Å². The molecule has 23 heavy (non-hydrogen) atoms. The van der Waals surface area contributed by atoms with E-state index in [2.05, 4.69) is 0 Å². The van der Waals surface area contributed by atoms with Crippen LogP contribution in [0.1, 0.15) is 0 Å². The smallest absolute Gasteiger partial charge is 0.208 e. The maximum absolute atomic E-state index is 12.6. The van der Waals surface area contributed by atoms with Crippen molar-refractivity contribution in [2.24, 2.45) is 0 Å². The number of rotatable bonds is 2. The van der Waals surface area contributed by atoms with Crippen molar-refractivity contribution in [1.29, 1.82) is 0 Å². The van der Waals surface area contributed by atoms with Gasteiger partial charge < -0.3 is 29.6 Å². The van der Waals surface area contributed by atoms with E-state index in [1.54, 1.807) is 0 Å². The van der Waals surface area contributed by atoms with Crippen molar-refractivity contribution in [1.82, 2.24) is 0 Å². The summed E-state index contributed by atoms with van der Waals surface area (Å²) >= 11 is 0. The first-order valence-corrected chi connectivity index (χ1v) is 6.51. The first kappa shape index (κ1) is 14.6. The van der Waals surface area contributed by atoms with Gasteiger partial charge in [0.2, 0.25) is 22.7 Å². The lowest BCUT2D eigenvalue weighted by atomic mass is 10.0. The number of phenols is 4. The Morgan fingerprint density at radius 2 is 1.61 bits per heavy atom. The van der Waals surface area contributed by atoms with Gasteiger partial charge in [0, 0.05) is 0 Å². The Hall–Kier alpha value is -3.35. The van der Waals surface area contributed by atoms with Crippen molar-refractivity contribution in [3.8, 4) is 39.9 Å². The minimum absolute atomic E-state index is 0.0333. The highest BCUT2D eigenvalue weighted by atomic mass is 16.5. The second-order valence-electron chi connectivity index (χ2n) is 4.81. The summed E-state index contributed by atoms with van der Waals surface area (Å²) in [5.74, 6) is -2.62. The van der Waals surface area contributed by atoms with E-state index in [0.29, 0.717) is 5.56 Å². The molecule has 7 nitrogen and oxygen atoms in total. The molecule has 3 aromatic rings. The van der Waals surface area contributed by atoms with E-state index in [1.165, 1.54) is 31.4 Å². The van der Waals surface area contributed by atoms with E-state index in [-0.39, 0.29) is 28.0 Å². The van der Waals surface area contributed by atoms with Gasteiger partial charge in [-0.2, -0.15) is 0 Å². The van der Waals surface area contributed by atoms with Gasteiger partial charge in [-0.05, 0) is 17.7 Å². The number of benzene rings is 2. The number of phenolic OH excluding ortho intramolecular Hbond substituents is 4. The molecule has 0 spiro atoms. The van der Waals surface area contributed by atoms with Gasteiger partial charge in [0.15, 0.2) is 11.3 Å². The van der Waals surface area contributed by atoms with Crippen LogP contribution in [0.3, 0.4) is 0 Å². The summed E-state index contributed by atoms with van der Waals surface area (Å²) in [6.45, 7) is 0. The van der Waals surface area contributed by atoms with Crippen molar-refractivity contribution in [3.63, 3.8) is 0 Å². The molecule has 0 unspecified atom stereocenters. The topological polar surface area (TPSA) is 120 Å². The highest BCUT2D eigenvalue weighted by Crippen LogP contribution is 2.48. The molecule has 1 heterocycles. The molecule has 0 fully saturated rings. The van der Waals surface area contributed by atoms with E-state index in [4.69, 9.17) is 9.15 Å². The van der Waals surface area contributed by atoms with Crippen LogP contribution in [-0.2, 0) is 0 Å². The number of fused-ring (bicyclic) bond motifs is 1. The van der Waals surface area contributed by atoms with Crippen LogP contribution < -0.4 is 10.2 Å². The molecule has 3 rings (SSSR count). The summed E-state index contributed by atoms with van der Waals surface area (Å²) in [5.41, 5.74) is -0.250. The first-order chi connectivity index (χ1) is 11.0. The molecule has 0 radical (unpaired) electrons. The Kier molecular flexibility index (Phi) is 3.25. The molecule has 0 saturated heterocycles. The fourth-order valence-corrected chi connectivity index (χ4v) is 2.33. The predicted molar refractivity (Wildman–Crippen MR) is 81.1 cm³/mol. The lowest BCUT2D eigenvalue weighted by molar-refractivity contribution is 0.335. The second-order valence-corrected chi connectivity index (χ2v) is 4.81. The number of hydrogen-bond donors (Lipinski definition) is 4. The van der Waals surface area contributed by atoms with Crippen molar-refractivity contribution < 1.29 is 29.6 Å². The third kappa shape index (κ3) is 2.10. The lowest BCUT2D eigenvalue weighted by Crippen LogP contribution is -2.06. The average Bonchev–Trinajstić information content (AvgIpc) is 2.54. The van der Waals surface area contributed by atoms with Crippen molar-refractivity contribution >= 4 is 11.0 Å². The van der Waals surface area contributed by atoms with E-state index < -0.39 is 22.7 Å². The van der Waals surface area contributed by atoms with E-state index in [1.807, 2.05) is 0 Å². The summed E-state index contributed by atoms with van der Waals surface area (Å²) in [7, 11) is 1.22. The SMILES string of the molecule is COc1c(O)c(O)c(O)c2c(=O)c(-c3ccc(O)cc3)coc12. The van der Waals surface area contributed by atoms with Gasteiger partial charge in [-0.15, -0.1) is 0 Å². The van der Waals surface area contributed by atoms with Gasteiger partial charge in [-0.25, -0.2) is 0 Å². The molecule has 0 atom stereocenters. The molecule has 2 aromatic carbocycles. The van der Waals surface area contributed by atoms with Crippen LogP contribution in [0.4, 0.5) is 0 Å². The zero-order valence-corrected chi connectivity index (χ0v) is 11.9. The quantitative estimate of drug-likeness (QED) is 0.535. The summed E-state index contributed by atoms with van der Waals surface area (Å²) in [6.07, 6.45) is 1.15. The van der Waals surface area contributed by atoms with Gasteiger partial charge in [0.1, 0.15) is 17.4 Å². The maximum Gasteiger partial charge on any atom is 0.208 e. The molecular formula is C16H12O7. The molecule has 0 aliphatic rings. The lowest BCUT2D eigenvalue weighted by Gasteiger charge is -2.11. The molecule has 7 heteroatoms. The van der Waals surface area contributed by atoms with Crippen LogP contribution >= 0.6 is 0 Å². The molecule has 4 N–H and O–H groups in total. The summed E-state index contributed by atoms with van der Waals surface area (Å²) in [4.78, 5) is 12.6. The van der Waals surface area contributed by atoms with Crippen LogP contribution in [0.25, 0.3) is 22.1 Å². The number of ether oxygens (including phenoxy) is 1. The molecule has 0 bridgehead atoms. The van der Waals surface area contributed by atoms with Crippen LogP contribution in [-0.4, -0.2) is 27.5 Å². The van der Waals surface area contributed by atoms with Crippen molar-refractivity contribution in [2.45, 2.75) is 0 Å². The zero-order valence-electron chi connectivity index (χ0n) is 11.9. The molecular weight excluding hydrogens is 304 g/mol. The molecule has 0 saturated carbocycles. The van der Waals surface area contributed by atoms with Gasteiger partial charge in [-0.3, -0.25) is 4.79 Å². The molecule has 0 amide bonds. The Morgan fingerprint density at radius 1 is 0.957 bits per heavy atom. The largest absolute Gasteiger partial charge is 0.508 e. The number of methoxy groups -OCH3 is 1. The van der Waals surface area contributed by atoms with Crippen LogP contribution in [0.15, 0.2) is 39.7 Å². The van der Waals surface area contributed by atoms with Gasteiger partial charge in [0.05, 0.1) is 12.7 Å². The molecule has 0 aliphatic carbocycles. The molecule has 118 valence electrons. The Balaban J connectivity index is 2.40. The van der Waals surface area contributed by atoms with E-state index in [9.17, 15) is 25.2 Å². The minimum atomic E-state index is -0.871. The molecule has 0 aliphatic heterocycles. The van der Waals surface area contributed by atoms with Crippen LogP contribution in [0.2, 0.25) is 0 Å². The fraction of sp³-hybridized carbons (Fsp3) is 0.0625. The predicted octanol–water partition coefficient (Wildman–Crippen LogP) is 2.29. The highest BCUT2D eigenvalue weighted by Gasteiger charge is 2.24. The van der Waals surface area contributed by atoms with E-state index in [0.717, 1.165) is 6.26 Å². The maximum atomic E-state index is 12.6. The van der Waals surface area contributed by atoms with E-state index >= 15 is 0 Å². The third-order valence-corrected chi connectivity index (χ3v) is 3.48. The number of aromatic hydroxyl groups is 4. The zero-order chi connectivity index (χ0) is 16.7. The highest BCUT2D eigenvalue weighted by molar-refractivity contribution is 5.95. The van der Waals surface area contributed by atoms with Crippen molar-refractivity contribution in [3.05, 3.63) is 40.8 Å². The average molecular weight is 316 g/mol. The molecule has 1 aromatic heterocycles. The van der Waals surface area contributed by atoms with Gasteiger partial charge >= 0.3 is 0 Å². The fourth-order valence-electron chi connectivity index (χ4n) is 2.33. The summed E-state index contributed by atoms with van der Waals surface area (Å²) < 4.78 is 10.3. The standard InChI is InChI=1S/C16H12O7/c1-22-16-14(21)13(20)12(19)10-11(18)9(6-23-15(10)16)7-2-4-8(17)5-3-7/h2-6,17,19-21H,1H3. The Labute approximate surface area is 129 Å². The van der Waals surface area contributed by atoms with Crippen LogP contribution in [0, 0.1) is 0 Å². The Morgan fingerprint density at radius 3 is 2.22 bits per heavy atom. The van der Waals surface area contributed by atoms with Gasteiger partial charge in [-0.1, -0.05) is 12.1 Å². The summed E-state index contributed by atoms with van der Waals surface area (Å²) in [5, 5.41) is 38.5. The monoisotopic (exact) mass is 316 g/mol. The Bertz CT molecular complexity index is 955.